The smallest absolute Gasteiger partial charge is 0.409 e. The largest absolute Gasteiger partial charge is 0.469 e. The van der Waals surface area contributed by atoms with E-state index in [0.717, 1.165) is 57.1 Å². The van der Waals surface area contributed by atoms with Crippen molar-refractivity contribution in [2.24, 2.45) is 10.4 Å². The van der Waals surface area contributed by atoms with Crippen LogP contribution in [0.4, 0.5) is 4.79 Å². The summed E-state index contributed by atoms with van der Waals surface area (Å²) in [6.07, 6.45) is 10.1. The van der Waals surface area contributed by atoms with Crippen LogP contribution in [-0.4, -0.2) is 69.5 Å². The van der Waals surface area contributed by atoms with Gasteiger partial charge in [0.25, 0.3) is 0 Å². The number of guanidine groups is 1. The number of nitrogens with one attached hydrogen (secondary N) is 2. The second kappa shape index (κ2) is 14.7. The van der Waals surface area contributed by atoms with E-state index in [1.54, 1.807) is 18.3 Å². The molecule has 1 aromatic heterocycles. The van der Waals surface area contributed by atoms with Gasteiger partial charge in [0.05, 0.1) is 12.9 Å². The van der Waals surface area contributed by atoms with Crippen LogP contribution in [0, 0.1) is 5.41 Å². The lowest BCUT2D eigenvalue weighted by molar-refractivity contribution is 0.0963. The average Bonchev–Trinajstić information content (AvgIpc) is 3.49. The van der Waals surface area contributed by atoms with Crippen molar-refractivity contribution in [3.8, 4) is 0 Å². The summed E-state index contributed by atoms with van der Waals surface area (Å²) in [5, 5.41) is 7.12. The van der Waals surface area contributed by atoms with E-state index in [-0.39, 0.29) is 41.5 Å². The van der Waals surface area contributed by atoms with E-state index in [2.05, 4.69) is 10.6 Å². The third-order valence-corrected chi connectivity index (χ3v) is 6.68. The molecule has 2 N–H and O–H groups in total. The zero-order valence-electron chi connectivity index (χ0n) is 20.1. The second-order valence-corrected chi connectivity index (χ2v) is 8.98. The summed E-state index contributed by atoms with van der Waals surface area (Å²) in [6.45, 7) is 6.02. The Morgan fingerprint density at radius 2 is 2.06 bits per heavy atom. The van der Waals surface area contributed by atoms with E-state index in [0.29, 0.717) is 19.7 Å². The lowest BCUT2D eigenvalue weighted by Crippen LogP contribution is -2.50. The number of rotatable bonds is 10. The number of furan rings is 1. The number of ether oxygens (including phenoxy) is 2. The summed E-state index contributed by atoms with van der Waals surface area (Å²) in [5.41, 5.74) is 0.249. The number of hydrogen-bond acceptors (Lipinski definition) is 5. The first-order valence-corrected chi connectivity index (χ1v) is 12.1. The van der Waals surface area contributed by atoms with Gasteiger partial charge in [0.2, 0.25) is 0 Å². The maximum absolute atomic E-state index is 12.0. The van der Waals surface area contributed by atoms with Gasteiger partial charge >= 0.3 is 6.09 Å². The molecule has 1 aliphatic carbocycles. The van der Waals surface area contributed by atoms with E-state index < -0.39 is 0 Å². The first kappa shape index (κ1) is 27.8. The topological polar surface area (TPSA) is 88.3 Å². The van der Waals surface area contributed by atoms with Crippen molar-refractivity contribution < 1.29 is 18.7 Å². The fraction of sp³-hybridized carbons (Fsp3) is 0.750. The third kappa shape index (κ3) is 8.99. The van der Waals surface area contributed by atoms with Crippen molar-refractivity contribution in [1.29, 1.82) is 0 Å². The fourth-order valence-corrected chi connectivity index (χ4v) is 4.70. The Bertz CT molecular complexity index is 699. The van der Waals surface area contributed by atoms with Crippen LogP contribution in [0.25, 0.3) is 0 Å². The summed E-state index contributed by atoms with van der Waals surface area (Å²) in [5.74, 6) is 1.82. The SMILES string of the molecule is CCOC(=O)N1CCC(NC(=NCC2(CCOC)CCCC2)NCCc2ccco2)CC1.I. The van der Waals surface area contributed by atoms with Gasteiger partial charge < -0.3 is 29.4 Å². The number of carbonyl (C=O) groups excluding carboxylic acids is 1. The van der Waals surface area contributed by atoms with Gasteiger partial charge in [0.15, 0.2) is 5.96 Å². The lowest BCUT2D eigenvalue weighted by atomic mass is 9.83. The number of aliphatic imine (C=N–C) groups is 1. The van der Waals surface area contributed by atoms with Crippen molar-refractivity contribution in [1.82, 2.24) is 15.5 Å². The molecule has 1 amide bonds. The molecule has 2 heterocycles. The summed E-state index contributed by atoms with van der Waals surface area (Å²) < 4.78 is 16.0. The number of piperidine rings is 1. The van der Waals surface area contributed by atoms with Crippen LogP contribution in [0.2, 0.25) is 0 Å². The van der Waals surface area contributed by atoms with Crippen molar-refractivity contribution in [3.63, 3.8) is 0 Å². The summed E-state index contributed by atoms with van der Waals surface area (Å²) >= 11 is 0. The predicted octanol–water partition coefficient (Wildman–Crippen LogP) is 4.19. The molecule has 0 bridgehead atoms. The molecule has 0 spiro atoms. The van der Waals surface area contributed by atoms with Gasteiger partial charge in [-0.25, -0.2) is 4.79 Å². The van der Waals surface area contributed by atoms with E-state index >= 15 is 0 Å². The van der Waals surface area contributed by atoms with Gasteiger partial charge in [-0.2, -0.15) is 0 Å². The molecule has 0 aromatic carbocycles. The standard InChI is InChI=1S/C24H40N4O4.HI/c1-3-31-23(29)28-15-9-20(10-16-28)27-22(25-14-8-21-7-6-17-32-21)26-19-24(13-18-30-2)11-4-5-12-24;/h6-7,17,20H,3-5,8-16,18-19H2,1-2H3,(H2,25,26,27);1H. The molecule has 33 heavy (non-hydrogen) atoms. The minimum Gasteiger partial charge on any atom is -0.469 e. The van der Waals surface area contributed by atoms with Crippen LogP contribution in [-0.2, 0) is 15.9 Å². The highest BCUT2D eigenvalue weighted by atomic mass is 127. The second-order valence-electron chi connectivity index (χ2n) is 8.98. The molecule has 1 saturated carbocycles. The van der Waals surface area contributed by atoms with Crippen LogP contribution < -0.4 is 10.6 Å². The lowest BCUT2D eigenvalue weighted by Gasteiger charge is -2.33. The molecule has 188 valence electrons. The first-order chi connectivity index (χ1) is 15.6. The number of amides is 1. The molecule has 1 aromatic rings. The van der Waals surface area contributed by atoms with Crippen LogP contribution in [0.15, 0.2) is 27.8 Å². The molecular formula is C24H41IN4O4. The van der Waals surface area contributed by atoms with Crippen LogP contribution in [0.5, 0.6) is 0 Å². The van der Waals surface area contributed by atoms with Gasteiger partial charge in [-0.1, -0.05) is 12.8 Å². The highest BCUT2D eigenvalue weighted by Crippen LogP contribution is 2.41. The number of hydrogen-bond donors (Lipinski definition) is 2. The molecule has 2 fully saturated rings. The molecule has 9 heteroatoms. The number of likely N-dealkylation sites (tertiary alicyclic amines) is 1. The normalized spacial score (nSPS) is 18.6. The number of carbonyl (C=O) groups is 1. The van der Waals surface area contributed by atoms with Gasteiger partial charge in [-0.05, 0) is 56.6 Å². The molecule has 1 saturated heterocycles. The molecule has 2 aliphatic rings. The number of methoxy groups -OCH3 is 1. The van der Waals surface area contributed by atoms with Crippen molar-refractivity contribution >= 4 is 36.0 Å². The van der Waals surface area contributed by atoms with Crippen molar-refractivity contribution in [3.05, 3.63) is 24.2 Å². The predicted molar refractivity (Wildman–Crippen MR) is 140 cm³/mol. The van der Waals surface area contributed by atoms with E-state index in [4.69, 9.17) is 18.9 Å². The minimum atomic E-state index is -0.210. The fourth-order valence-electron chi connectivity index (χ4n) is 4.70. The molecular weight excluding hydrogens is 535 g/mol. The molecule has 8 nitrogen and oxygen atoms in total. The zero-order chi connectivity index (χ0) is 22.7. The highest BCUT2D eigenvalue weighted by Gasteiger charge is 2.33. The minimum absolute atomic E-state index is 0. The Morgan fingerprint density at radius 3 is 2.70 bits per heavy atom. The van der Waals surface area contributed by atoms with Gasteiger partial charge in [-0.3, -0.25) is 4.99 Å². The molecule has 0 unspecified atom stereocenters. The number of halogens is 1. The average molecular weight is 577 g/mol. The van der Waals surface area contributed by atoms with E-state index in [9.17, 15) is 4.79 Å². The van der Waals surface area contributed by atoms with Crippen LogP contribution >= 0.6 is 24.0 Å². The monoisotopic (exact) mass is 576 g/mol. The van der Waals surface area contributed by atoms with Crippen molar-refractivity contribution in [2.75, 3.05) is 46.5 Å². The Labute approximate surface area is 215 Å². The van der Waals surface area contributed by atoms with E-state index in [1.807, 2.05) is 19.1 Å². The van der Waals surface area contributed by atoms with Crippen LogP contribution in [0.3, 0.4) is 0 Å². The third-order valence-electron chi connectivity index (χ3n) is 6.68. The Hall–Kier alpha value is -1.49. The molecule has 1 aliphatic heterocycles. The molecule has 0 atom stereocenters. The molecule has 3 rings (SSSR count). The van der Waals surface area contributed by atoms with Gasteiger partial charge in [-0.15, -0.1) is 24.0 Å². The van der Waals surface area contributed by atoms with Crippen LogP contribution in [0.1, 0.15) is 57.6 Å². The summed E-state index contributed by atoms with van der Waals surface area (Å²) in [6, 6.07) is 4.20. The quantitative estimate of drug-likeness (QED) is 0.247. The Balaban J connectivity index is 0.00000385. The summed E-state index contributed by atoms with van der Waals surface area (Å²) in [7, 11) is 1.78. The molecule has 0 radical (unpaired) electrons. The van der Waals surface area contributed by atoms with Gasteiger partial charge in [0, 0.05) is 52.4 Å². The van der Waals surface area contributed by atoms with E-state index in [1.165, 1.54) is 25.7 Å². The van der Waals surface area contributed by atoms with Gasteiger partial charge in [0.1, 0.15) is 5.76 Å². The zero-order valence-corrected chi connectivity index (χ0v) is 22.5. The highest BCUT2D eigenvalue weighted by molar-refractivity contribution is 14.0. The first-order valence-electron chi connectivity index (χ1n) is 12.1. The summed E-state index contributed by atoms with van der Waals surface area (Å²) in [4.78, 5) is 18.8. The maximum Gasteiger partial charge on any atom is 0.409 e. The Morgan fingerprint density at radius 1 is 1.30 bits per heavy atom. The van der Waals surface area contributed by atoms with Crippen molar-refractivity contribution in [2.45, 2.75) is 64.3 Å². The number of nitrogens with zero attached hydrogens (tertiary/aromatic N) is 2. The maximum atomic E-state index is 12.0. The Kier molecular flexibility index (Phi) is 12.4.